The van der Waals surface area contributed by atoms with Crippen LogP contribution >= 0.6 is 31.9 Å². The van der Waals surface area contributed by atoms with Gasteiger partial charge in [-0.05, 0) is 27.0 Å². The number of hydrogen-bond donors (Lipinski definition) is 0. The maximum Gasteiger partial charge on any atom is 0.225 e. The Morgan fingerprint density at radius 3 is 2.85 bits per heavy atom. The highest BCUT2D eigenvalue weighted by molar-refractivity contribution is 7.35. The quantitative estimate of drug-likeness (QED) is 0.432. The monoisotopic (exact) mass is 234 g/mol. The summed E-state index contributed by atoms with van der Waals surface area (Å²) in [6.07, 6.45) is 1.68. The van der Waals surface area contributed by atoms with Crippen molar-refractivity contribution < 1.29 is 0 Å². The van der Waals surface area contributed by atoms with Crippen molar-refractivity contribution in [2.45, 2.75) is 0 Å². The van der Waals surface area contributed by atoms with Crippen molar-refractivity contribution in [3.8, 4) is 0 Å². The Labute approximate surface area is 86.1 Å². The van der Waals surface area contributed by atoms with Crippen LogP contribution in [0.2, 0.25) is 10.4 Å². The van der Waals surface area contributed by atoms with Gasteiger partial charge in [0.2, 0.25) is 5.28 Å². The Balaban J connectivity index is 2.82. The van der Waals surface area contributed by atoms with E-state index in [2.05, 4.69) is 15.0 Å². The molecule has 2 rings (SSSR count). The average Bonchev–Trinajstić information content (AvgIpc) is 2.47. The molecule has 7 heteroatoms. The predicted octanol–water partition coefficient (Wildman–Crippen LogP) is 2.20. The zero-order valence-corrected chi connectivity index (χ0v) is 9.13. The van der Waals surface area contributed by atoms with Crippen LogP contribution in [0.3, 0.4) is 0 Å². The minimum Gasteiger partial charge on any atom is -0.296 e. The molecule has 1 unspecified atom stereocenters. The average molecular weight is 235 g/mol. The van der Waals surface area contributed by atoms with E-state index in [1.165, 1.54) is 0 Å². The molecule has 2 aromatic rings. The van der Waals surface area contributed by atoms with Crippen molar-refractivity contribution in [3.63, 3.8) is 0 Å². The molecule has 2 aromatic heterocycles. The molecule has 0 aliphatic rings. The molecular weight excluding hydrogens is 230 g/mol. The molecule has 0 aliphatic carbocycles. The van der Waals surface area contributed by atoms with Crippen LogP contribution < -0.4 is 0 Å². The van der Waals surface area contributed by atoms with E-state index in [1.807, 2.05) is 11.0 Å². The van der Waals surface area contributed by atoms with Crippen molar-refractivity contribution in [2.24, 2.45) is 0 Å². The highest BCUT2D eigenvalue weighted by Gasteiger charge is 2.09. The summed E-state index contributed by atoms with van der Waals surface area (Å²) in [6, 6.07) is 0. The second-order valence-corrected chi connectivity index (χ2v) is 3.92. The van der Waals surface area contributed by atoms with Crippen LogP contribution in [0.15, 0.2) is 6.33 Å². The Morgan fingerprint density at radius 1 is 1.38 bits per heavy atom. The molecule has 68 valence electrons. The third kappa shape index (κ3) is 1.50. The zero-order valence-electron chi connectivity index (χ0n) is 6.62. The van der Waals surface area contributed by atoms with Crippen LogP contribution in [-0.2, 0) is 0 Å². The van der Waals surface area contributed by atoms with Crippen LogP contribution in [0.1, 0.15) is 0 Å². The molecule has 0 amide bonds. The predicted molar refractivity (Wildman–Crippen MR) is 55.0 cm³/mol. The summed E-state index contributed by atoms with van der Waals surface area (Å²) in [6.45, 7) is 2.02. The first kappa shape index (κ1) is 9.13. The fraction of sp³-hybridized carbons (Fsp3) is 0.167. The summed E-state index contributed by atoms with van der Waals surface area (Å²) in [5.41, 5.74) is 1.28. The third-order valence-corrected chi connectivity index (χ3v) is 2.81. The molecule has 0 saturated heterocycles. The Morgan fingerprint density at radius 2 is 2.15 bits per heavy atom. The van der Waals surface area contributed by atoms with Crippen molar-refractivity contribution in [1.29, 1.82) is 0 Å². The maximum atomic E-state index is 5.82. The van der Waals surface area contributed by atoms with Gasteiger partial charge in [-0.3, -0.25) is 4.34 Å². The van der Waals surface area contributed by atoms with Gasteiger partial charge in [-0.1, -0.05) is 11.6 Å². The third-order valence-electron chi connectivity index (χ3n) is 1.57. The number of halogens is 2. The molecular formula is C6H5Cl2N4P. The standard InChI is InChI=1S/C6H5Cl2N4P/c1-13-12-2-9-3-4(7)10-6(8)11-5(3)12/h2,13H,1H3. The number of nitrogens with zero attached hydrogens (tertiary/aromatic N) is 4. The van der Waals surface area contributed by atoms with Gasteiger partial charge in [-0.25, -0.2) is 9.97 Å². The van der Waals surface area contributed by atoms with Crippen LogP contribution in [0.5, 0.6) is 0 Å². The molecule has 0 radical (unpaired) electrons. The maximum absolute atomic E-state index is 5.82. The second-order valence-electron chi connectivity index (χ2n) is 2.29. The highest BCUT2D eigenvalue weighted by Crippen LogP contribution is 2.24. The van der Waals surface area contributed by atoms with Gasteiger partial charge in [-0.2, -0.15) is 4.98 Å². The Bertz CT molecular complexity index is 455. The van der Waals surface area contributed by atoms with E-state index in [-0.39, 0.29) is 5.28 Å². The van der Waals surface area contributed by atoms with Gasteiger partial charge in [0.05, 0.1) is 0 Å². The molecule has 0 bridgehead atoms. The van der Waals surface area contributed by atoms with Gasteiger partial charge in [0.15, 0.2) is 10.8 Å². The fourth-order valence-corrected chi connectivity index (χ4v) is 1.97. The Kier molecular flexibility index (Phi) is 2.37. The minimum atomic E-state index is 0.150. The normalized spacial score (nSPS) is 11.9. The largest absolute Gasteiger partial charge is 0.296 e. The van der Waals surface area contributed by atoms with Gasteiger partial charge in [0.1, 0.15) is 11.8 Å². The zero-order chi connectivity index (χ0) is 9.42. The van der Waals surface area contributed by atoms with Crippen molar-refractivity contribution in [1.82, 2.24) is 19.3 Å². The molecule has 1 atom stereocenters. The topological polar surface area (TPSA) is 43.6 Å². The summed E-state index contributed by atoms with van der Waals surface area (Å²) < 4.78 is 1.88. The summed E-state index contributed by atoms with van der Waals surface area (Å²) >= 11 is 11.5. The molecule has 2 heterocycles. The molecule has 0 saturated carbocycles. The highest BCUT2D eigenvalue weighted by atomic mass is 35.5. The molecule has 0 aliphatic heterocycles. The van der Waals surface area contributed by atoms with Gasteiger partial charge in [-0.15, -0.1) is 0 Å². The van der Waals surface area contributed by atoms with Gasteiger partial charge in [0.25, 0.3) is 0 Å². The van der Waals surface area contributed by atoms with E-state index in [9.17, 15) is 0 Å². The number of aromatic nitrogens is 4. The fourth-order valence-electron chi connectivity index (χ4n) is 1.00. The van der Waals surface area contributed by atoms with Crippen LogP contribution in [0.4, 0.5) is 0 Å². The summed E-state index contributed by atoms with van der Waals surface area (Å²) in [7, 11) is 0.548. The molecule has 0 aromatic carbocycles. The molecule has 0 N–H and O–H groups in total. The van der Waals surface area contributed by atoms with Gasteiger partial charge in [0, 0.05) is 0 Å². The Hall–Kier alpha value is -0.440. The lowest BCUT2D eigenvalue weighted by molar-refractivity contribution is 1.17. The van der Waals surface area contributed by atoms with Gasteiger partial charge >= 0.3 is 0 Å². The van der Waals surface area contributed by atoms with Crippen molar-refractivity contribution in [2.75, 3.05) is 6.66 Å². The van der Waals surface area contributed by atoms with Crippen LogP contribution in [0.25, 0.3) is 11.2 Å². The van der Waals surface area contributed by atoms with Crippen molar-refractivity contribution in [3.05, 3.63) is 16.8 Å². The lowest BCUT2D eigenvalue weighted by atomic mass is 10.6. The second kappa shape index (κ2) is 3.37. The number of hydrogen-bond acceptors (Lipinski definition) is 3. The van der Waals surface area contributed by atoms with E-state index in [0.29, 0.717) is 25.0 Å². The summed E-state index contributed by atoms with van der Waals surface area (Å²) in [4.78, 5) is 11.9. The summed E-state index contributed by atoms with van der Waals surface area (Å²) in [5.74, 6) is 0. The van der Waals surface area contributed by atoms with E-state index < -0.39 is 0 Å². The first-order valence-electron chi connectivity index (χ1n) is 3.46. The number of fused-ring (bicyclic) bond motifs is 1. The van der Waals surface area contributed by atoms with E-state index in [1.54, 1.807) is 6.33 Å². The first-order valence-corrected chi connectivity index (χ1v) is 5.66. The lowest BCUT2D eigenvalue weighted by Gasteiger charge is -1.97. The van der Waals surface area contributed by atoms with E-state index in [4.69, 9.17) is 23.2 Å². The summed E-state index contributed by atoms with van der Waals surface area (Å²) in [5, 5.41) is 0.449. The minimum absolute atomic E-state index is 0.150. The number of rotatable bonds is 1. The smallest absolute Gasteiger partial charge is 0.225 e. The van der Waals surface area contributed by atoms with Crippen molar-refractivity contribution >= 4 is 43.1 Å². The molecule has 0 spiro atoms. The molecule has 4 nitrogen and oxygen atoms in total. The lowest BCUT2D eigenvalue weighted by Crippen LogP contribution is -1.88. The van der Waals surface area contributed by atoms with E-state index in [0.717, 1.165) is 0 Å². The van der Waals surface area contributed by atoms with Gasteiger partial charge < -0.3 is 0 Å². The number of imidazole rings is 1. The SMILES string of the molecule is CPn1cnc2c(Cl)nc(Cl)nc21. The first-order chi connectivity index (χ1) is 6.22. The molecule has 13 heavy (non-hydrogen) atoms. The van der Waals surface area contributed by atoms with Crippen LogP contribution in [-0.4, -0.2) is 26.0 Å². The molecule has 0 fully saturated rings. The van der Waals surface area contributed by atoms with E-state index >= 15 is 0 Å². The van der Waals surface area contributed by atoms with Crippen LogP contribution in [0, 0.1) is 0 Å².